The summed E-state index contributed by atoms with van der Waals surface area (Å²) in [6.45, 7) is 3.03. The van der Waals surface area contributed by atoms with E-state index in [0.29, 0.717) is 10.8 Å². The van der Waals surface area contributed by atoms with Gasteiger partial charge in [0, 0.05) is 18.3 Å². The lowest BCUT2D eigenvalue weighted by atomic mass is 10.1. The Kier molecular flexibility index (Phi) is 5.11. The van der Waals surface area contributed by atoms with Gasteiger partial charge in [0.1, 0.15) is 5.75 Å². The molecule has 0 saturated carbocycles. The molecule has 1 aromatic heterocycles. The highest BCUT2D eigenvalue weighted by molar-refractivity contribution is 6.32. The third-order valence-corrected chi connectivity index (χ3v) is 4.38. The summed E-state index contributed by atoms with van der Waals surface area (Å²) in [7, 11) is 0. The van der Waals surface area contributed by atoms with E-state index in [-0.39, 0.29) is 23.1 Å². The zero-order valence-corrected chi connectivity index (χ0v) is 15.6. The predicted octanol–water partition coefficient (Wildman–Crippen LogP) is 3.35. The maximum atomic E-state index is 13.3. The quantitative estimate of drug-likeness (QED) is 0.828. The number of alkyl halides is 3. The first-order valence-electron chi connectivity index (χ1n) is 8.11. The van der Waals surface area contributed by atoms with Crippen LogP contribution >= 0.6 is 11.6 Å². The van der Waals surface area contributed by atoms with E-state index in [0.717, 1.165) is 5.56 Å². The maximum absolute atomic E-state index is 13.3. The second-order valence-corrected chi connectivity index (χ2v) is 6.80. The van der Waals surface area contributed by atoms with Crippen LogP contribution in [0.4, 0.5) is 13.2 Å². The van der Waals surface area contributed by atoms with Crippen LogP contribution in [0.15, 0.2) is 35.6 Å². The first kappa shape index (κ1) is 20.2. The van der Waals surface area contributed by atoms with Gasteiger partial charge >= 0.3 is 6.18 Å². The number of benzene rings is 1. The topological polar surface area (TPSA) is 80.0 Å². The van der Waals surface area contributed by atoms with Crippen LogP contribution in [0.1, 0.15) is 29.4 Å². The van der Waals surface area contributed by atoms with E-state index in [2.05, 4.69) is 10.2 Å². The van der Waals surface area contributed by atoms with Gasteiger partial charge in [0.05, 0.1) is 5.02 Å². The average Bonchev–Trinajstić information content (AvgIpc) is 3.19. The molecule has 0 radical (unpaired) electrons. The zero-order valence-electron chi connectivity index (χ0n) is 14.9. The third-order valence-electron chi connectivity index (χ3n) is 4.07. The summed E-state index contributed by atoms with van der Waals surface area (Å²) in [5, 5.41) is 17.8. The van der Waals surface area contributed by atoms with E-state index in [1.165, 1.54) is 23.9 Å². The fraction of sp³-hybridized carbons (Fsp3) is 0.353. The summed E-state index contributed by atoms with van der Waals surface area (Å²) in [6, 6.07) is 6.39. The van der Waals surface area contributed by atoms with Gasteiger partial charge < -0.3 is 9.84 Å². The van der Waals surface area contributed by atoms with Gasteiger partial charge in [0.25, 0.3) is 11.6 Å². The molecule has 1 N–H and O–H groups in total. The molecular weight excluding hydrogens is 401 g/mol. The third kappa shape index (κ3) is 3.69. The molecule has 0 spiro atoms. The molecule has 2 aromatic rings. The van der Waals surface area contributed by atoms with Crippen LogP contribution in [-0.4, -0.2) is 43.4 Å². The number of carbonyl (C=O) groups excluding carboxylic acids is 1. The highest BCUT2D eigenvalue weighted by Gasteiger charge is 2.63. The molecule has 28 heavy (non-hydrogen) atoms. The molecule has 7 nitrogen and oxygen atoms in total. The molecule has 1 aliphatic rings. The van der Waals surface area contributed by atoms with Crippen molar-refractivity contribution in [2.45, 2.75) is 38.9 Å². The molecule has 0 aliphatic carbocycles. The number of ether oxygens (including phenoxy) is 1. The molecule has 1 amide bonds. The van der Waals surface area contributed by atoms with Gasteiger partial charge in [-0.3, -0.25) is 4.79 Å². The Morgan fingerprint density at radius 1 is 1.36 bits per heavy atom. The number of hydrazone groups is 1. The Balaban J connectivity index is 1.76. The predicted molar refractivity (Wildman–Crippen MR) is 93.9 cm³/mol. The number of aliphatic hydroxyl groups is 1. The van der Waals surface area contributed by atoms with Crippen LogP contribution in [0, 0.1) is 6.92 Å². The minimum Gasteiger partial charge on any atom is -0.470 e. The van der Waals surface area contributed by atoms with Gasteiger partial charge in [-0.2, -0.15) is 28.4 Å². The number of rotatable bonds is 4. The number of hydrogen-bond acceptors (Lipinski definition) is 5. The molecule has 11 heteroatoms. The second-order valence-electron chi connectivity index (χ2n) is 6.39. The molecule has 3 rings (SSSR count). The smallest absolute Gasteiger partial charge is 0.438 e. The van der Waals surface area contributed by atoms with Crippen molar-refractivity contribution in [3.8, 4) is 5.75 Å². The number of hydrogen-bond donors (Lipinski definition) is 1. The summed E-state index contributed by atoms with van der Waals surface area (Å²) in [5.41, 5.74) is -2.82. The van der Waals surface area contributed by atoms with Crippen molar-refractivity contribution >= 4 is 23.2 Å². The number of amides is 1. The average molecular weight is 417 g/mol. The minimum atomic E-state index is -5.07. The van der Waals surface area contributed by atoms with Crippen molar-refractivity contribution in [3.63, 3.8) is 0 Å². The van der Waals surface area contributed by atoms with Gasteiger partial charge in [0.15, 0.2) is 12.4 Å². The highest BCUT2D eigenvalue weighted by Crippen LogP contribution is 2.40. The first-order chi connectivity index (χ1) is 13.0. The van der Waals surface area contributed by atoms with E-state index in [9.17, 15) is 23.1 Å². The summed E-state index contributed by atoms with van der Waals surface area (Å²) < 4.78 is 46.5. The lowest BCUT2D eigenvalue weighted by Gasteiger charge is -2.32. The van der Waals surface area contributed by atoms with Crippen molar-refractivity contribution in [1.29, 1.82) is 0 Å². The van der Waals surface area contributed by atoms with Crippen LogP contribution in [0.2, 0.25) is 5.02 Å². The Labute approximate surface area is 163 Å². The zero-order chi connectivity index (χ0) is 20.7. The molecule has 150 valence electrons. The lowest BCUT2D eigenvalue weighted by molar-refractivity contribution is -0.297. The largest absolute Gasteiger partial charge is 0.470 e. The van der Waals surface area contributed by atoms with E-state index in [4.69, 9.17) is 16.3 Å². The fourth-order valence-electron chi connectivity index (χ4n) is 2.67. The molecule has 1 aromatic carbocycles. The Morgan fingerprint density at radius 2 is 2.07 bits per heavy atom. The standard InChI is InChI=1S/C17H16ClF3N4O3/c1-10-3-4-12(18)14(7-10)28-9-24-6-5-13(23-24)15(26)25-16(27,17(19,20)21)8-11(2)22-25/h3-7,27H,8-9H2,1-2H3. The number of aryl methyl sites for hydroxylation is 1. The Morgan fingerprint density at radius 3 is 2.75 bits per heavy atom. The van der Waals surface area contributed by atoms with Gasteiger partial charge in [-0.1, -0.05) is 17.7 Å². The molecule has 1 aliphatic heterocycles. The van der Waals surface area contributed by atoms with Gasteiger partial charge in [0.2, 0.25) is 0 Å². The second kappa shape index (κ2) is 7.10. The van der Waals surface area contributed by atoms with Crippen molar-refractivity contribution in [2.75, 3.05) is 0 Å². The van der Waals surface area contributed by atoms with Crippen molar-refractivity contribution in [3.05, 3.63) is 46.7 Å². The SMILES string of the molecule is CC1=NN(C(=O)c2ccn(COc3cc(C)ccc3Cl)n2)C(O)(C(F)(F)F)C1. The molecule has 0 bridgehead atoms. The number of nitrogens with zero attached hydrogens (tertiary/aromatic N) is 4. The van der Waals surface area contributed by atoms with Gasteiger partial charge in [-0.25, -0.2) is 4.68 Å². The van der Waals surface area contributed by atoms with Crippen LogP contribution in [-0.2, 0) is 6.73 Å². The van der Waals surface area contributed by atoms with Crippen LogP contribution < -0.4 is 4.74 Å². The summed E-state index contributed by atoms with van der Waals surface area (Å²) in [4.78, 5) is 12.5. The van der Waals surface area contributed by atoms with E-state index in [1.54, 1.807) is 18.2 Å². The molecular formula is C17H16ClF3N4O3. The van der Waals surface area contributed by atoms with Gasteiger partial charge in [-0.15, -0.1) is 0 Å². The van der Waals surface area contributed by atoms with Crippen LogP contribution in [0.3, 0.4) is 0 Å². The number of carbonyl (C=O) groups is 1. The maximum Gasteiger partial charge on any atom is 0.438 e. The molecule has 0 saturated heterocycles. The van der Waals surface area contributed by atoms with Crippen molar-refractivity contribution in [1.82, 2.24) is 14.8 Å². The number of halogens is 4. The highest BCUT2D eigenvalue weighted by atomic mass is 35.5. The van der Waals surface area contributed by atoms with E-state index < -0.39 is 24.2 Å². The normalized spacial score (nSPS) is 19.7. The molecule has 1 atom stereocenters. The monoisotopic (exact) mass is 416 g/mol. The number of aromatic nitrogens is 2. The summed E-state index contributed by atoms with van der Waals surface area (Å²) in [6.07, 6.45) is -4.54. The van der Waals surface area contributed by atoms with Crippen LogP contribution in [0.5, 0.6) is 5.75 Å². The van der Waals surface area contributed by atoms with Crippen molar-refractivity contribution < 1.29 is 27.8 Å². The fourth-order valence-corrected chi connectivity index (χ4v) is 2.84. The Hall–Kier alpha value is -2.59. The summed E-state index contributed by atoms with van der Waals surface area (Å²) in [5.74, 6) is -0.778. The lowest BCUT2D eigenvalue weighted by Crippen LogP contribution is -2.56. The Bertz CT molecular complexity index is 944. The van der Waals surface area contributed by atoms with E-state index in [1.807, 2.05) is 6.92 Å². The molecule has 0 fully saturated rings. The molecule has 1 unspecified atom stereocenters. The van der Waals surface area contributed by atoms with Crippen molar-refractivity contribution in [2.24, 2.45) is 5.10 Å². The molecule has 2 heterocycles. The van der Waals surface area contributed by atoms with Gasteiger partial charge in [-0.05, 0) is 37.6 Å². The first-order valence-corrected chi connectivity index (χ1v) is 8.49. The van der Waals surface area contributed by atoms with E-state index >= 15 is 0 Å². The summed E-state index contributed by atoms with van der Waals surface area (Å²) >= 11 is 6.03. The van der Waals surface area contributed by atoms with Crippen LogP contribution in [0.25, 0.3) is 0 Å². The minimum absolute atomic E-state index is 0.0211.